The number of ether oxygens (including phenoxy) is 2. The van der Waals surface area contributed by atoms with Gasteiger partial charge in [-0.3, -0.25) is 4.98 Å². The van der Waals surface area contributed by atoms with Gasteiger partial charge < -0.3 is 19.7 Å². The lowest BCUT2D eigenvalue weighted by atomic mass is 10.0. The number of aryl methyl sites for hydroxylation is 1. The molecular weight excluding hydrogens is 342 g/mol. The van der Waals surface area contributed by atoms with Gasteiger partial charge in [0.15, 0.2) is 11.5 Å². The molecule has 0 bridgehead atoms. The van der Waals surface area contributed by atoms with Crippen molar-refractivity contribution in [3.8, 4) is 11.5 Å². The maximum Gasteiger partial charge on any atom is 0.317 e. The number of nitrogens with zero attached hydrogens (tertiary/aromatic N) is 2. The molecule has 2 aromatic rings. The summed E-state index contributed by atoms with van der Waals surface area (Å²) in [4.78, 5) is 18.7. The van der Waals surface area contributed by atoms with Gasteiger partial charge in [0.25, 0.3) is 0 Å². The Bertz CT molecular complexity index is 747. The van der Waals surface area contributed by atoms with E-state index in [2.05, 4.69) is 17.2 Å². The number of aromatic nitrogens is 1. The molecule has 0 radical (unpaired) electrons. The fraction of sp³-hybridized carbons (Fsp3) is 0.429. The van der Waals surface area contributed by atoms with E-state index in [4.69, 9.17) is 9.47 Å². The van der Waals surface area contributed by atoms with Gasteiger partial charge in [0.2, 0.25) is 0 Å². The molecular formula is C21H29N3O3. The third-order valence-electron chi connectivity index (χ3n) is 4.56. The van der Waals surface area contributed by atoms with E-state index in [9.17, 15) is 4.79 Å². The lowest BCUT2D eigenvalue weighted by Gasteiger charge is -2.23. The van der Waals surface area contributed by atoms with E-state index in [0.717, 1.165) is 24.1 Å². The standard InChI is InChI=1S/C21H29N3O3/c1-6-15-8-10-17(22-13-15)14-24(3)21(25)23-18(7-2)16-9-11-19(26-4)20(12-16)27-5/h8-13,18H,6-7,14H2,1-5H3,(H,23,25). The summed E-state index contributed by atoms with van der Waals surface area (Å²) in [5.74, 6) is 1.32. The highest BCUT2D eigenvalue weighted by molar-refractivity contribution is 5.74. The summed E-state index contributed by atoms with van der Waals surface area (Å²) in [6.45, 7) is 4.58. The Morgan fingerprint density at radius 2 is 1.89 bits per heavy atom. The van der Waals surface area contributed by atoms with Crippen molar-refractivity contribution in [2.24, 2.45) is 0 Å². The van der Waals surface area contributed by atoms with Gasteiger partial charge in [-0.15, -0.1) is 0 Å². The molecule has 6 heteroatoms. The summed E-state index contributed by atoms with van der Waals surface area (Å²) in [5.41, 5.74) is 3.02. The summed E-state index contributed by atoms with van der Waals surface area (Å²) >= 11 is 0. The normalized spacial score (nSPS) is 11.6. The van der Waals surface area contributed by atoms with Crippen molar-refractivity contribution in [2.45, 2.75) is 39.3 Å². The van der Waals surface area contributed by atoms with Crippen molar-refractivity contribution < 1.29 is 14.3 Å². The highest BCUT2D eigenvalue weighted by atomic mass is 16.5. The second-order valence-corrected chi connectivity index (χ2v) is 6.39. The molecule has 0 aliphatic carbocycles. The van der Waals surface area contributed by atoms with E-state index in [0.29, 0.717) is 18.0 Å². The van der Waals surface area contributed by atoms with Crippen LogP contribution in [0.5, 0.6) is 11.5 Å². The Kier molecular flexibility index (Phi) is 7.46. The summed E-state index contributed by atoms with van der Waals surface area (Å²) in [5, 5.41) is 3.08. The van der Waals surface area contributed by atoms with Crippen LogP contribution in [0.4, 0.5) is 4.79 Å². The lowest BCUT2D eigenvalue weighted by Crippen LogP contribution is -2.39. The Morgan fingerprint density at radius 3 is 2.44 bits per heavy atom. The van der Waals surface area contributed by atoms with Gasteiger partial charge in [0, 0.05) is 13.2 Å². The smallest absolute Gasteiger partial charge is 0.317 e. The number of hydrogen-bond donors (Lipinski definition) is 1. The van der Waals surface area contributed by atoms with Crippen LogP contribution in [0.3, 0.4) is 0 Å². The Balaban J connectivity index is 2.04. The number of carbonyl (C=O) groups excluding carboxylic acids is 1. The summed E-state index contributed by atoms with van der Waals surface area (Å²) in [6, 6.07) is 9.46. The first-order chi connectivity index (χ1) is 13.0. The molecule has 1 unspecified atom stereocenters. The minimum atomic E-state index is -0.141. The Hall–Kier alpha value is -2.76. The van der Waals surface area contributed by atoms with Gasteiger partial charge in [-0.1, -0.05) is 26.0 Å². The van der Waals surface area contributed by atoms with E-state index in [1.165, 1.54) is 5.56 Å². The monoisotopic (exact) mass is 371 g/mol. The van der Waals surface area contributed by atoms with Gasteiger partial charge >= 0.3 is 6.03 Å². The number of benzene rings is 1. The number of methoxy groups -OCH3 is 2. The highest BCUT2D eigenvalue weighted by Gasteiger charge is 2.18. The number of pyridine rings is 1. The molecule has 0 aliphatic heterocycles. The first-order valence-corrected chi connectivity index (χ1v) is 9.19. The Morgan fingerprint density at radius 1 is 1.15 bits per heavy atom. The highest BCUT2D eigenvalue weighted by Crippen LogP contribution is 2.30. The lowest BCUT2D eigenvalue weighted by molar-refractivity contribution is 0.201. The zero-order valence-electron chi connectivity index (χ0n) is 16.8. The molecule has 1 atom stereocenters. The van der Waals surface area contributed by atoms with Crippen LogP contribution in [0.25, 0.3) is 0 Å². The van der Waals surface area contributed by atoms with Crippen LogP contribution < -0.4 is 14.8 Å². The van der Waals surface area contributed by atoms with Crippen LogP contribution in [0, 0.1) is 0 Å². The van der Waals surface area contributed by atoms with Crippen molar-refractivity contribution in [2.75, 3.05) is 21.3 Å². The molecule has 0 saturated carbocycles. The van der Waals surface area contributed by atoms with Gasteiger partial charge in [-0.2, -0.15) is 0 Å². The molecule has 0 spiro atoms. The van der Waals surface area contributed by atoms with Crippen molar-refractivity contribution in [3.05, 3.63) is 53.3 Å². The van der Waals surface area contributed by atoms with E-state index < -0.39 is 0 Å². The van der Waals surface area contributed by atoms with E-state index in [-0.39, 0.29) is 12.1 Å². The molecule has 1 aromatic heterocycles. The van der Waals surface area contributed by atoms with Crippen LogP contribution in [-0.4, -0.2) is 37.2 Å². The maximum absolute atomic E-state index is 12.6. The maximum atomic E-state index is 12.6. The average Bonchev–Trinajstić information content (AvgIpc) is 2.71. The third kappa shape index (κ3) is 5.36. The van der Waals surface area contributed by atoms with Crippen LogP contribution in [0.2, 0.25) is 0 Å². The predicted molar refractivity (Wildman–Crippen MR) is 106 cm³/mol. The topological polar surface area (TPSA) is 63.7 Å². The van der Waals surface area contributed by atoms with Crippen LogP contribution in [-0.2, 0) is 13.0 Å². The number of urea groups is 1. The first-order valence-electron chi connectivity index (χ1n) is 9.19. The molecule has 1 aromatic carbocycles. The number of nitrogens with one attached hydrogen (secondary N) is 1. The molecule has 1 heterocycles. The molecule has 2 rings (SSSR count). The van der Waals surface area contributed by atoms with Crippen molar-refractivity contribution in [1.29, 1.82) is 0 Å². The van der Waals surface area contributed by atoms with Gasteiger partial charge in [-0.05, 0) is 42.2 Å². The van der Waals surface area contributed by atoms with Crippen molar-refractivity contribution in [1.82, 2.24) is 15.2 Å². The zero-order chi connectivity index (χ0) is 19.8. The summed E-state index contributed by atoms with van der Waals surface area (Å²) < 4.78 is 10.6. The van der Waals surface area contributed by atoms with Crippen LogP contribution in [0.15, 0.2) is 36.5 Å². The van der Waals surface area contributed by atoms with Crippen LogP contribution in [0.1, 0.15) is 43.1 Å². The molecule has 1 N–H and O–H groups in total. The second-order valence-electron chi connectivity index (χ2n) is 6.39. The van der Waals surface area contributed by atoms with Crippen LogP contribution >= 0.6 is 0 Å². The SMILES string of the molecule is CCc1ccc(CN(C)C(=O)NC(CC)c2ccc(OC)c(OC)c2)nc1. The number of carbonyl (C=O) groups is 1. The van der Waals surface area contributed by atoms with Gasteiger partial charge in [-0.25, -0.2) is 4.79 Å². The molecule has 0 aliphatic rings. The molecule has 146 valence electrons. The van der Waals surface area contributed by atoms with E-state index in [1.807, 2.05) is 43.5 Å². The van der Waals surface area contributed by atoms with Gasteiger partial charge in [0.05, 0.1) is 32.5 Å². The largest absolute Gasteiger partial charge is 0.493 e. The number of rotatable bonds is 8. The fourth-order valence-electron chi connectivity index (χ4n) is 2.82. The fourth-order valence-corrected chi connectivity index (χ4v) is 2.82. The zero-order valence-corrected chi connectivity index (χ0v) is 16.8. The molecule has 6 nitrogen and oxygen atoms in total. The van der Waals surface area contributed by atoms with Crippen molar-refractivity contribution >= 4 is 6.03 Å². The second kappa shape index (κ2) is 9.80. The quantitative estimate of drug-likeness (QED) is 0.763. The van der Waals surface area contributed by atoms with E-state index >= 15 is 0 Å². The van der Waals surface area contributed by atoms with Gasteiger partial charge in [0.1, 0.15) is 0 Å². The number of amides is 2. The molecule has 0 saturated heterocycles. The minimum Gasteiger partial charge on any atom is -0.493 e. The molecule has 2 amide bonds. The summed E-state index contributed by atoms with van der Waals surface area (Å²) in [6.07, 6.45) is 3.57. The predicted octanol–water partition coefficient (Wildman–Crippen LogP) is 3.95. The molecule has 0 fully saturated rings. The van der Waals surface area contributed by atoms with Crippen molar-refractivity contribution in [3.63, 3.8) is 0 Å². The minimum absolute atomic E-state index is 0.116. The Labute approximate surface area is 161 Å². The first kappa shape index (κ1) is 20.6. The average molecular weight is 371 g/mol. The molecule has 27 heavy (non-hydrogen) atoms. The summed E-state index contributed by atoms with van der Waals surface area (Å²) in [7, 11) is 4.98. The number of hydrogen-bond acceptors (Lipinski definition) is 4. The van der Waals surface area contributed by atoms with E-state index in [1.54, 1.807) is 26.2 Å². The third-order valence-corrected chi connectivity index (χ3v) is 4.56.